The van der Waals surface area contributed by atoms with Crippen LogP contribution in [0, 0.1) is 10.1 Å². The molecular formula is C12H16N2O5S. The molecule has 0 bridgehead atoms. The van der Waals surface area contributed by atoms with Gasteiger partial charge in [-0.05, 0) is 25.5 Å². The van der Waals surface area contributed by atoms with Crippen LogP contribution >= 0.6 is 0 Å². The van der Waals surface area contributed by atoms with Crippen molar-refractivity contribution < 1.29 is 18.4 Å². The minimum atomic E-state index is -3.50. The van der Waals surface area contributed by atoms with Gasteiger partial charge in [0.05, 0.1) is 15.9 Å². The molecule has 0 unspecified atom stereocenters. The van der Waals surface area contributed by atoms with E-state index >= 15 is 0 Å². The summed E-state index contributed by atoms with van der Waals surface area (Å²) in [6, 6.07) is 3.83. The Morgan fingerprint density at radius 3 is 2.55 bits per heavy atom. The molecule has 0 spiro atoms. The van der Waals surface area contributed by atoms with Gasteiger partial charge < -0.3 is 10.0 Å². The molecule has 8 heteroatoms. The number of aliphatic hydroxyl groups is 1. The van der Waals surface area contributed by atoms with Gasteiger partial charge in [-0.15, -0.1) is 0 Å². The first-order valence-corrected chi connectivity index (χ1v) is 8.02. The molecule has 1 N–H and O–H groups in total. The fraction of sp³-hybridized carbons (Fsp3) is 0.500. The van der Waals surface area contributed by atoms with Crippen LogP contribution in [0.5, 0.6) is 0 Å². The van der Waals surface area contributed by atoms with Crippen LogP contribution in [0.25, 0.3) is 0 Å². The first-order valence-electron chi connectivity index (χ1n) is 6.13. The Bertz CT molecular complexity index is 643. The molecule has 7 nitrogen and oxygen atoms in total. The van der Waals surface area contributed by atoms with Crippen molar-refractivity contribution in [1.29, 1.82) is 0 Å². The number of aliphatic hydroxyl groups excluding tert-OH is 1. The maximum absolute atomic E-state index is 11.5. The number of benzene rings is 1. The molecule has 1 fully saturated rings. The minimum absolute atomic E-state index is 0.0345. The molecule has 2 rings (SSSR count). The minimum Gasteiger partial charge on any atom is -0.391 e. The fourth-order valence-corrected chi connectivity index (χ4v) is 3.10. The highest BCUT2D eigenvalue weighted by Gasteiger charge is 2.32. The summed E-state index contributed by atoms with van der Waals surface area (Å²) in [4.78, 5) is 12.2. The fourth-order valence-electron chi connectivity index (χ4n) is 2.46. The number of β-amino-alcohol motifs (C(OH)–C–C–N with tert-alkyl or cyclic N) is 1. The number of nitro benzene ring substituents is 1. The molecule has 1 aliphatic rings. The lowest BCUT2D eigenvalue weighted by Gasteiger charge is -2.23. The first-order chi connectivity index (χ1) is 9.20. The van der Waals surface area contributed by atoms with E-state index in [1.807, 2.05) is 6.92 Å². The van der Waals surface area contributed by atoms with Gasteiger partial charge in [0, 0.05) is 24.9 Å². The average molecular weight is 300 g/mol. The largest absolute Gasteiger partial charge is 0.391 e. The van der Waals surface area contributed by atoms with Crippen molar-refractivity contribution in [2.45, 2.75) is 30.4 Å². The van der Waals surface area contributed by atoms with Crippen LogP contribution in [0.3, 0.4) is 0 Å². The molecule has 0 aliphatic carbocycles. The van der Waals surface area contributed by atoms with Crippen molar-refractivity contribution in [1.82, 2.24) is 0 Å². The molecule has 110 valence electrons. The van der Waals surface area contributed by atoms with Gasteiger partial charge in [-0.3, -0.25) is 10.1 Å². The van der Waals surface area contributed by atoms with E-state index in [0.29, 0.717) is 18.7 Å². The van der Waals surface area contributed by atoms with Crippen LogP contribution in [0.1, 0.15) is 13.3 Å². The van der Waals surface area contributed by atoms with E-state index in [1.54, 1.807) is 4.90 Å². The van der Waals surface area contributed by atoms with Gasteiger partial charge in [0.2, 0.25) is 0 Å². The SMILES string of the molecule is C[C@@H]1C[C@H](O)CN1c1ccc(S(C)(=O)=O)cc1[N+](=O)[O-]. The lowest BCUT2D eigenvalue weighted by molar-refractivity contribution is -0.384. The summed E-state index contributed by atoms with van der Waals surface area (Å²) in [5.74, 6) is 0. The van der Waals surface area contributed by atoms with Gasteiger partial charge in [0.1, 0.15) is 5.69 Å². The Morgan fingerprint density at radius 2 is 2.10 bits per heavy atom. The number of nitrogens with zero attached hydrogens (tertiary/aromatic N) is 2. The maximum atomic E-state index is 11.5. The summed E-state index contributed by atoms with van der Waals surface area (Å²) in [6.45, 7) is 2.17. The van der Waals surface area contributed by atoms with E-state index in [1.165, 1.54) is 12.1 Å². The number of anilines is 1. The normalized spacial score (nSPS) is 23.1. The smallest absolute Gasteiger partial charge is 0.293 e. The van der Waals surface area contributed by atoms with E-state index in [0.717, 1.165) is 12.3 Å². The molecule has 0 aromatic heterocycles. The second-order valence-electron chi connectivity index (χ2n) is 5.07. The van der Waals surface area contributed by atoms with Gasteiger partial charge in [-0.2, -0.15) is 0 Å². The van der Waals surface area contributed by atoms with Crippen molar-refractivity contribution in [2.24, 2.45) is 0 Å². The predicted molar refractivity (Wildman–Crippen MR) is 73.6 cm³/mol. The standard InChI is InChI=1S/C12H16N2O5S/c1-8-5-9(15)7-13(8)11-4-3-10(20(2,18)19)6-12(11)14(16)17/h3-4,6,8-9,15H,5,7H2,1-2H3/t8-,9+/m1/s1. The zero-order valence-corrected chi connectivity index (χ0v) is 12.0. The highest BCUT2D eigenvalue weighted by Crippen LogP contribution is 2.35. The van der Waals surface area contributed by atoms with Crippen LogP contribution in [0.4, 0.5) is 11.4 Å². The Balaban J connectivity index is 2.52. The second kappa shape index (κ2) is 5.02. The van der Waals surface area contributed by atoms with Crippen molar-refractivity contribution in [3.05, 3.63) is 28.3 Å². The van der Waals surface area contributed by atoms with E-state index in [4.69, 9.17) is 0 Å². The number of hydrogen-bond acceptors (Lipinski definition) is 6. The summed E-state index contributed by atoms with van der Waals surface area (Å²) in [6.07, 6.45) is 1.01. The molecule has 1 aliphatic heterocycles. The molecule has 1 saturated heterocycles. The number of sulfone groups is 1. The van der Waals surface area contributed by atoms with Crippen molar-refractivity contribution >= 4 is 21.2 Å². The molecule has 1 aromatic rings. The molecule has 0 radical (unpaired) electrons. The predicted octanol–water partition coefficient (Wildman–Crippen LogP) is 0.958. The van der Waals surface area contributed by atoms with Crippen LogP contribution in [0.2, 0.25) is 0 Å². The topological polar surface area (TPSA) is 101 Å². The van der Waals surface area contributed by atoms with Crippen LogP contribution in [-0.4, -0.2) is 43.4 Å². The third kappa shape index (κ3) is 2.75. The van der Waals surface area contributed by atoms with Crippen LogP contribution in [-0.2, 0) is 9.84 Å². The Morgan fingerprint density at radius 1 is 1.45 bits per heavy atom. The Hall–Kier alpha value is -1.67. The third-order valence-corrected chi connectivity index (χ3v) is 4.54. The quantitative estimate of drug-likeness (QED) is 0.659. The lowest BCUT2D eigenvalue weighted by atomic mass is 10.2. The molecule has 1 aromatic carbocycles. The summed E-state index contributed by atoms with van der Waals surface area (Å²) in [7, 11) is -3.50. The zero-order valence-electron chi connectivity index (χ0n) is 11.2. The van der Waals surface area contributed by atoms with Gasteiger partial charge in [0.15, 0.2) is 9.84 Å². The monoisotopic (exact) mass is 300 g/mol. The summed E-state index contributed by atoms with van der Waals surface area (Å²) < 4.78 is 23.0. The summed E-state index contributed by atoms with van der Waals surface area (Å²) in [5, 5.41) is 20.8. The highest BCUT2D eigenvalue weighted by atomic mass is 32.2. The number of nitro groups is 1. The van der Waals surface area contributed by atoms with Gasteiger partial charge in [0.25, 0.3) is 5.69 Å². The van der Waals surface area contributed by atoms with E-state index < -0.39 is 20.9 Å². The van der Waals surface area contributed by atoms with Gasteiger partial charge >= 0.3 is 0 Å². The zero-order chi connectivity index (χ0) is 15.1. The van der Waals surface area contributed by atoms with E-state index in [9.17, 15) is 23.6 Å². The Labute approximate surface area is 116 Å². The number of rotatable bonds is 3. The second-order valence-corrected chi connectivity index (χ2v) is 7.09. The highest BCUT2D eigenvalue weighted by molar-refractivity contribution is 7.90. The average Bonchev–Trinajstić information content (AvgIpc) is 2.66. The molecule has 0 amide bonds. The van der Waals surface area contributed by atoms with Crippen molar-refractivity contribution in [3.8, 4) is 0 Å². The lowest BCUT2D eigenvalue weighted by Crippen LogP contribution is -2.28. The van der Waals surface area contributed by atoms with Crippen LogP contribution in [0.15, 0.2) is 23.1 Å². The van der Waals surface area contributed by atoms with E-state index in [-0.39, 0.29) is 16.6 Å². The first kappa shape index (κ1) is 14.7. The van der Waals surface area contributed by atoms with Crippen molar-refractivity contribution in [3.63, 3.8) is 0 Å². The van der Waals surface area contributed by atoms with Crippen LogP contribution < -0.4 is 4.90 Å². The number of hydrogen-bond donors (Lipinski definition) is 1. The third-order valence-electron chi connectivity index (χ3n) is 3.43. The molecular weight excluding hydrogens is 284 g/mol. The van der Waals surface area contributed by atoms with E-state index in [2.05, 4.69) is 0 Å². The molecule has 2 atom stereocenters. The Kier molecular flexibility index (Phi) is 3.70. The van der Waals surface area contributed by atoms with Gasteiger partial charge in [-0.25, -0.2) is 8.42 Å². The summed E-state index contributed by atoms with van der Waals surface area (Å²) in [5.41, 5.74) is 0.0836. The maximum Gasteiger partial charge on any atom is 0.293 e. The van der Waals surface area contributed by atoms with Crippen molar-refractivity contribution in [2.75, 3.05) is 17.7 Å². The van der Waals surface area contributed by atoms with Gasteiger partial charge in [-0.1, -0.05) is 0 Å². The molecule has 0 saturated carbocycles. The molecule has 20 heavy (non-hydrogen) atoms. The molecule has 1 heterocycles. The summed E-state index contributed by atoms with van der Waals surface area (Å²) >= 11 is 0.